The SMILES string of the molecule is Cc1nccc(N2CCN(CC3(C)CCN(S(=O)(=O)c4ccccc4Br)CC3)CC2)n1. The number of nitrogens with zero attached hydrogens (tertiary/aromatic N) is 5. The molecule has 2 saturated heterocycles. The minimum absolute atomic E-state index is 0.133. The third kappa shape index (κ3) is 5.10. The average molecular weight is 508 g/mol. The quantitative estimate of drug-likeness (QED) is 0.618. The summed E-state index contributed by atoms with van der Waals surface area (Å²) in [4.78, 5) is 13.9. The van der Waals surface area contributed by atoms with E-state index in [1.54, 1.807) is 22.5 Å². The fourth-order valence-corrected chi connectivity index (χ4v) is 6.92. The van der Waals surface area contributed by atoms with Crippen LogP contribution in [0.5, 0.6) is 0 Å². The molecule has 0 bridgehead atoms. The number of piperazine rings is 1. The molecule has 0 aliphatic carbocycles. The Morgan fingerprint density at radius 1 is 1.03 bits per heavy atom. The number of aromatic nitrogens is 2. The van der Waals surface area contributed by atoms with Crippen molar-refractivity contribution in [3.05, 3.63) is 46.8 Å². The molecule has 0 spiro atoms. The van der Waals surface area contributed by atoms with Crippen molar-refractivity contribution in [2.75, 3.05) is 50.7 Å². The molecule has 1 aromatic carbocycles. The summed E-state index contributed by atoms with van der Waals surface area (Å²) in [5.41, 5.74) is 0.133. The molecular formula is C22H30BrN5O2S. The molecule has 0 N–H and O–H groups in total. The summed E-state index contributed by atoms with van der Waals surface area (Å²) in [6, 6.07) is 9.04. The maximum Gasteiger partial charge on any atom is 0.244 e. The van der Waals surface area contributed by atoms with Crippen LogP contribution in [0.1, 0.15) is 25.6 Å². The van der Waals surface area contributed by atoms with Crippen molar-refractivity contribution < 1.29 is 8.42 Å². The van der Waals surface area contributed by atoms with Gasteiger partial charge in [0.2, 0.25) is 10.0 Å². The lowest BCUT2D eigenvalue weighted by molar-refractivity contribution is 0.101. The second-order valence-corrected chi connectivity index (χ2v) is 11.6. The minimum atomic E-state index is -3.46. The molecule has 0 saturated carbocycles. The highest BCUT2D eigenvalue weighted by molar-refractivity contribution is 9.10. The lowest BCUT2D eigenvalue weighted by Crippen LogP contribution is -2.52. The molecular weight excluding hydrogens is 478 g/mol. The van der Waals surface area contributed by atoms with Crippen LogP contribution in [0.15, 0.2) is 45.9 Å². The van der Waals surface area contributed by atoms with Gasteiger partial charge >= 0.3 is 0 Å². The Morgan fingerprint density at radius 2 is 1.71 bits per heavy atom. The van der Waals surface area contributed by atoms with Crippen molar-refractivity contribution in [2.24, 2.45) is 5.41 Å². The van der Waals surface area contributed by atoms with Crippen LogP contribution in [0.25, 0.3) is 0 Å². The number of hydrogen-bond acceptors (Lipinski definition) is 6. The highest BCUT2D eigenvalue weighted by atomic mass is 79.9. The molecule has 168 valence electrons. The van der Waals surface area contributed by atoms with Gasteiger partial charge in [0, 0.05) is 56.5 Å². The zero-order valence-electron chi connectivity index (χ0n) is 18.2. The summed E-state index contributed by atoms with van der Waals surface area (Å²) in [5.74, 6) is 1.81. The summed E-state index contributed by atoms with van der Waals surface area (Å²) in [7, 11) is -3.46. The first-order valence-electron chi connectivity index (χ1n) is 10.8. The molecule has 2 aromatic rings. The third-order valence-corrected chi connectivity index (χ3v) is 9.36. The van der Waals surface area contributed by atoms with E-state index in [1.165, 1.54) is 0 Å². The summed E-state index contributed by atoms with van der Waals surface area (Å²) < 4.78 is 28.4. The van der Waals surface area contributed by atoms with E-state index in [2.05, 4.69) is 42.6 Å². The highest BCUT2D eigenvalue weighted by Gasteiger charge is 2.37. The topological polar surface area (TPSA) is 69.6 Å². The standard InChI is InChI=1S/C22H30BrN5O2S/c1-18-24-10-7-21(25-18)27-15-13-26(14-16-27)17-22(2)8-11-28(12-9-22)31(29,30)20-6-4-3-5-19(20)23/h3-7,10H,8-9,11-17H2,1-2H3. The number of piperidine rings is 1. The number of rotatable bonds is 5. The Balaban J connectivity index is 1.32. The van der Waals surface area contributed by atoms with Crippen molar-refractivity contribution >= 4 is 31.8 Å². The van der Waals surface area contributed by atoms with E-state index in [0.717, 1.165) is 57.2 Å². The number of aryl methyl sites for hydroxylation is 1. The number of halogens is 1. The number of benzene rings is 1. The van der Waals surface area contributed by atoms with Gasteiger partial charge in [-0.25, -0.2) is 18.4 Å². The van der Waals surface area contributed by atoms with Gasteiger partial charge in [0.1, 0.15) is 11.6 Å². The normalized spacial score (nSPS) is 20.7. The van der Waals surface area contributed by atoms with Gasteiger partial charge in [-0.15, -0.1) is 0 Å². The van der Waals surface area contributed by atoms with Gasteiger partial charge in [-0.2, -0.15) is 4.31 Å². The van der Waals surface area contributed by atoms with Crippen LogP contribution >= 0.6 is 15.9 Å². The fourth-order valence-electron chi connectivity index (χ4n) is 4.51. The van der Waals surface area contributed by atoms with Crippen molar-refractivity contribution in [3.63, 3.8) is 0 Å². The van der Waals surface area contributed by atoms with Crippen LogP contribution in [0.3, 0.4) is 0 Å². The van der Waals surface area contributed by atoms with Gasteiger partial charge in [0.15, 0.2) is 0 Å². The zero-order valence-corrected chi connectivity index (χ0v) is 20.6. The second-order valence-electron chi connectivity index (χ2n) is 8.87. The first-order valence-corrected chi connectivity index (χ1v) is 13.0. The molecule has 2 aliphatic rings. The van der Waals surface area contributed by atoms with Crippen molar-refractivity contribution in [1.82, 2.24) is 19.2 Å². The van der Waals surface area contributed by atoms with E-state index in [0.29, 0.717) is 22.5 Å². The number of anilines is 1. The Hall–Kier alpha value is -1.55. The first kappa shape index (κ1) is 22.6. The average Bonchev–Trinajstić information content (AvgIpc) is 2.74. The molecule has 3 heterocycles. The zero-order chi connectivity index (χ0) is 22.1. The largest absolute Gasteiger partial charge is 0.354 e. The van der Waals surface area contributed by atoms with E-state index < -0.39 is 10.0 Å². The monoisotopic (exact) mass is 507 g/mol. The Kier molecular flexibility index (Phi) is 6.67. The predicted molar refractivity (Wildman–Crippen MR) is 126 cm³/mol. The summed E-state index contributed by atoms with van der Waals surface area (Å²) in [5, 5.41) is 0. The first-order chi connectivity index (χ1) is 14.8. The van der Waals surface area contributed by atoms with Gasteiger partial charge in [0.25, 0.3) is 0 Å². The van der Waals surface area contributed by atoms with E-state index in [1.807, 2.05) is 25.3 Å². The molecule has 0 unspecified atom stereocenters. The fraction of sp³-hybridized carbons (Fsp3) is 0.545. The molecule has 7 nitrogen and oxygen atoms in total. The van der Waals surface area contributed by atoms with Gasteiger partial charge in [-0.05, 0) is 59.3 Å². The molecule has 0 atom stereocenters. The number of hydrogen-bond donors (Lipinski definition) is 0. The smallest absolute Gasteiger partial charge is 0.244 e. The summed E-state index contributed by atoms with van der Waals surface area (Å²) in [6.07, 6.45) is 3.57. The molecule has 31 heavy (non-hydrogen) atoms. The maximum atomic E-state index is 13.1. The predicted octanol–water partition coefficient (Wildman–Crippen LogP) is 3.16. The van der Waals surface area contributed by atoms with Crippen LogP contribution in [-0.2, 0) is 10.0 Å². The molecule has 2 fully saturated rings. The molecule has 1 aromatic heterocycles. The molecule has 0 amide bonds. The van der Waals surface area contributed by atoms with Crippen LogP contribution in [0.4, 0.5) is 5.82 Å². The van der Waals surface area contributed by atoms with Gasteiger partial charge in [0.05, 0.1) is 4.90 Å². The minimum Gasteiger partial charge on any atom is -0.354 e. The van der Waals surface area contributed by atoms with Crippen LogP contribution < -0.4 is 4.90 Å². The lowest BCUT2D eigenvalue weighted by atomic mass is 9.80. The summed E-state index contributed by atoms with van der Waals surface area (Å²) in [6.45, 7) is 10.3. The molecule has 2 aliphatic heterocycles. The molecule has 4 rings (SSSR count). The van der Waals surface area contributed by atoms with Crippen molar-refractivity contribution in [2.45, 2.75) is 31.6 Å². The Bertz CT molecular complexity index is 1020. The highest BCUT2D eigenvalue weighted by Crippen LogP contribution is 2.35. The number of sulfonamides is 1. The van der Waals surface area contributed by atoms with E-state index in [9.17, 15) is 8.42 Å². The van der Waals surface area contributed by atoms with Crippen LogP contribution in [-0.4, -0.2) is 73.4 Å². The van der Waals surface area contributed by atoms with Crippen LogP contribution in [0, 0.1) is 12.3 Å². The summed E-state index contributed by atoms with van der Waals surface area (Å²) >= 11 is 3.39. The second kappa shape index (κ2) is 9.13. The van der Waals surface area contributed by atoms with Gasteiger partial charge in [-0.3, -0.25) is 4.90 Å². The lowest BCUT2D eigenvalue weighted by Gasteiger charge is -2.44. The Labute approximate surface area is 193 Å². The van der Waals surface area contributed by atoms with Crippen LogP contribution in [0.2, 0.25) is 0 Å². The Morgan fingerprint density at radius 3 is 2.35 bits per heavy atom. The van der Waals surface area contributed by atoms with Gasteiger partial charge in [-0.1, -0.05) is 19.1 Å². The van der Waals surface area contributed by atoms with Crippen molar-refractivity contribution in [1.29, 1.82) is 0 Å². The van der Waals surface area contributed by atoms with E-state index >= 15 is 0 Å². The van der Waals surface area contributed by atoms with Crippen molar-refractivity contribution in [3.8, 4) is 0 Å². The molecule has 9 heteroatoms. The van der Waals surface area contributed by atoms with E-state index in [-0.39, 0.29) is 5.41 Å². The maximum absolute atomic E-state index is 13.1. The molecule has 0 radical (unpaired) electrons. The van der Waals surface area contributed by atoms with Gasteiger partial charge < -0.3 is 4.90 Å². The van der Waals surface area contributed by atoms with E-state index in [4.69, 9.17) is 0 Å². The third-order valence-electron chi connectivity index (χ3n) is 6.45.